The Labute approximate surface area is 159 Å². The molecule has 0 fully saturated rings. The first-order valence-electron chi connectivity index (χ1n) is 8.35. The first-order valence-corrected chi connectivity index (χ1v) is 10.2. The Balaban J connectivity index is 0.000000646. The number of rotatable bonds is 5. The highest BCUT2D eigenvalue weighted by molar-refractivity contribution is 7.85. The quantitative estimate of drug-likeness (QED) is 0.567. The second-order valence-corrected chi connectivity index (χ2v) is 7.52. The molecule has 10 heteroatoms. The van der Waals surface area contributed by atoms with E-state index < -0.39 is 10.1 Å². The van der Waals surface area contributed by atoms with Crippen LogP contribution in [0.1, 0.15) is 31.2 Å². The van der Waals surface area contributed by atoms with Crippen LogP contribution in [0.4, 0.5) is 10.5 Å². The van der Waals surface area contributed by atoms with Crippen LogP contribution in [-0.2, 0) is 19.6 Å². The zero-order valence-electron chi connectivity index (χ0n) is 15.9. The van der Waals surface area contributed by atoms with Crippen LogP contribution in [0.5, 0.6) is 5.75 Å². The number of nitrogens with one attached hydrogen (secondary N) is 1. The molecule has 152 valence electrons. The smallest absolute Gasteiger partial charge is 0.414 e. The fourth-order valence-electron chi connectivity index (χ4n) is 2.41. The van der Waals surface area contributed by atoms with Gasteiger partial charge in [-0.3, -0.25) is 9.35 Å². The maximum absolute atomic E-state index is 11.8. The van der Waals surface area contributed by atoms with Crippen LogP contribution >= 0.6 is 0 Å². The average molecular weight is 402 g/mol. The number of nitrogens with zero attached hydrogens (tertiary/aromatic N) is 1. The van der Waals surface area contributed by atoms with E-state index in [4.69, 9.17) is 9.29 Å². The Hall–Kier alpha value is -2.33. The van der Waals surface area contributed by atoms with Crippen molar-refractivity contribution in [1.82, 2.24) is 4.90 Å². The number of amides is 1. The molecular formula is C17H26N2O7S. The molecule has 0 bridgehead atoms. The number of esters is 1. The minimum absolute atomic E-state index is 0.193. The van der Waals surface area contributed by atoms with E-state index in [1.807, 2.05) is 19.1 Å². The highest BCUT2D eigenvalue weighted by atomic mass is 32.2. The molecule has 9 nitrogen and oxygen atoms in total. The molecule has 1 aliphatic heterocycles. The summed E-state index contributed by atoms with van der Waals surface area (Å²) in [5.74, 6) is 0.601. The Morgan fingerprint density at radius 2 is 2.00 bits per heavy atom. The van der Waals surface area contributed by atoms with Gasteiger partial charge in [0, 0.05) is 44.2 Å². The minimum atomic E-state index is -3.67. The number of methoxy groups -OCH3 is 1. The Morgan fingerprint density at radius 3 is 2.56 bits per heavy atom. The summed E-state index contributed by atoms with van der Waals surface area (Å²) in [4.78, 5) is 24.5. The van der Waals surface area contributed by atoms with E-state index in [0.717, 1.165) is 24.2 Å². The summed E-state index contributed by atoms with van der Waals surface area (Å²) < 4.78 is 35.9. The summed E-state index contributed by atoms with van der Waals surface area (Å²) in [5.41, 5.74) is 2.10. The van der Waals surface area contributed by atoms with Crippen molar-refractivity contribution < 1.29 is 32.0 Å². The number of hydrogen-bond acceptors (Lipinski definition) is 7. The molecule has 0 radical (unpaired) electrons. The summed E-state index contributed by atoms with van der Waals surface area (Å²) in [6.45, 7) is 3.26. The van der Waals surface area contributed by atoms with E-state index in [0.29, 0.717) is 25.0 Å². The number of carbonyl (C=O) groups excluding carboxylic acids is 2. The predicted molar refractivity (Wildman–Crippen MR) is 101 cm³/mol. The van der Waals surface area contributed by atoms with Gasteiger partial charge in [-0.1, -0.05) is 6.07 Å². The van der Waals surface area contributed by atoms with E-state index in [2.05, 4.69) is 10.1 Å². The Bertz CT molecular complexity index is 757. The van der Waals surface area contributed by atoms with E-state index in [-0.39, 0.29) is 18.0 Å². The maximum Gasteiger partial charge on any atom is 0.414 e. The second-order valence-electron chi connectivity index (χ2n) is 6.06. The first kappa shape index (κ1) is 22.7. The van der Waals surface area contributed by atoms with Crippen LogP contribution in [0.2, 0.25) is 0 Å². The molecule has 1 unspecified atom stereocenters. The lowest BCUT2D eigenvalue weighted by Crippen LogP contribution is -2.29. The molecule has 1 atom stereocenters. The second kappa shape index (κ2) is 10.1. The van der Waals surface area contributed by atoms with Gasteiger partial charge in [0.1, 0.15) is 5.75 Å². The first-order chi connectivity index (χ1) is 12.5. The van der Waals surface area contributed by atoms with Gasteiger partial charge in [0.15, 0.2) is 0 Å². The molecular weight excluding hydrogens is 376 g/mol. The molecule has 2 N–H and O–H groups in total. The molecule has 0 aliphatic carbocycles. The van der Waals surface area contributed by atoms with Crippen molar-refractivity contribution in [2.45, 2.75) is 25.7 Å². The number of fused-ring (bicyclic) bond motifs is 1. The van der Waals surface area contributed by atoms with Crippen molar-refractivity contribution >= 4 is 27.9 Å². The topological polar surface area (TPSA) is 122 Å². The summed E-state index contributed by atoms with van der Waals surface area (Å²) in [5, 5.41) is 3.29. The van der Waals surface area contributed by atoms with Crippen LogP contribution < -0.4 is 10.1 Å². The summed E-state index contributed by atoms with van der Waals surface area (Å²) in [6.07, 6.45) is 1.49. The molecule has 0 saturated carbocycles. The zero-order chi connectivity index (χ0) is 20.6. The molecule has 0 aromatic heterocycles. The van der Waals surface area contributed by atoms with Crippen LogP contribution in [0.25, 0.3) is 0 Å². The molecule has 1 aromatic rings. The average Bonchev–Trinajstić information content (AvgIpc) is 2.99. The normalized spacial score (nSPS) is 14.9. The molecule has 1 aromatic carbocycles. The largest absolute Gasteiger partial charge is 0.469 e. The van der Waals surface area contributed by atoms with Gasteiger partial charge in [0.25, 0.3) is 10.1 Å². The predicted octanol–water partition coefficient (Wildman–Crippen LogP) is 2.10. The Morgan fingerprint density at radius 1 is 1.37 bits per heavy atom. The summed E-state index contributed by atoms with van der Waals surface area (Å²) >= 11 is 0. The lowest BCUT2D eigenvalue weighted by atomic mass is 9.96. The molecule has 27 heavy (non-hydrogen) atoms. The minimum Gasteiger partial charge on any atom is -0.469 e. The van der Waals surface area contributed by atoms with Crippen molar-refractivity contribution in [3.63, 3.8) is 0 Å². The standard InChI is InChI=1S/C16H22N2O4.CH4O3S/c1-4-18(2)16(20)22-12-6-7-13-11(5-8-15(19)21-3)10-17-14(13)9-12;1-5(2,3)4/h6-7,9,11,17H,4-5,8,10H2,1-3H3;1H3,(H,2,3,4). The lowest BCUT2D eigenvalue weighted by Gasteiger charge is -2.15. The van der Waals surface area contributed by atoms with Crippen LogP contribution in [0.3, 0.4) is 0 Å². The number of anilines is 1. The molecule has 1 aliphatic rings. The van der Waals surface area contributed by atoms with Gasteiger partial charge in [0.2, 0.25) is 0 Å². The number of benzene rings is 1. The highest BCUT2D eigenvalue weighted by Gasteiger charge is 2.23. The number of carbonyl (C=O) groups is 2. The fraction of sp³-hybridized carbons (Fsp3) is 0.529. The lowest BCUT2D eigenvalue weighted by molar-refractivity contribution is -0.140. The van der Waals surface area contributed by atoms with Crippen molar-refractivity contribution in [2.24, 2.45) is 0 Å². The van der Waals surface area contributed by atoms with Crippen molar-refractivity contribution in [2.75, 3.05) is 38.8 Å². The van der Waals surface area contributed by atoms with Crippen molar-refractivity contribution in [1.29, 1.82) is 0 Å². The van der Waals surface area contributed by atoms with Gasteiger partial charge in [0.05, 0.1) is 13.4 Å². The van der Waals surface area contributed by atoms with Gasteiger partial charge in [-0.15, -0.1) is 0 Å². The van der Waals surface area contributed by atoms with E-state index in [9.17, 15) is 18.0 Å². The fourth-order valence-corrected chi connectivity index (χ4v) is 2.41. The van der Waals surface area contributed by atoms with Gasteiger partial charge >= 0.3 is 12.1 Å². The van der Waals surface area contributed by atoms with Crippen molar-refractivity contribution in [3.05, 3.63) is 23.8 Å². The number of ether oxygens (including phenoxy) is 2. The summed E-state index contributed by atoms with van der Waals surface area (Å²) in [6, 6.07) is 5.57. The van der Waals surface area contributed by atoms with E-state index in [1.54, 1.807) is 13.1 Å². The molecule has 1 heterocycles. The van der Waals surface area contributed by atoms with Crippen molar-refractivity contribution in [3.8, 4) is 5.75 Å². The van der Waals surface area contributed by atoms with Crippen LogP contribution in [0, 0.1) is 0 Å². The van der Waals surface area contributed by atoms with Gasteiger partial charge in [-0.25, -0.2) is 4.79 Å². The summed E-state index contributed by atoms with van der Waals surface area (Å²) in [7, 11) is -0.575. The third-order valence-corrected chi connectivity index (χ3v) is 3.92. The highest BCUT2D eigenvalue weighted by Crippen LogP contribution is 2.36. The third-order valence-electron chi connectivity index (χ3n) is 3.92. The van der Waals surface area contributed by atoms with Gasteiger partial charge < -0.3 is 19.7 Å². The molecule has 0 spiro atoms. The van der Waals surface area contributed by atoms with E-state index >= 15 is 0 Å². The van der Waals surface area contributed by atoms with Gasteiger partial charge in [-0.2, -0.15) is 8.42 Å². The maximum atomic E-state index is 11.8. The molecule has 0 saturated heterocycles. The third kappa shape index (κ3) is 8.27. The monoisotopic (exact) mass is 402 g/mol. The zero-order valence-corrected chi connectivity index (χ0v) is 16.7. The number of hydrogen-bond donors (Lipinski definition) is 2. The van der Waals surface area contributed by atoms with Crippen LogP contribution in [0.15, 0.2) is 18.2 Å². The van der Waals surface area contributed by atoms with Gasteiger partial charge in [-0.05, 0) is 25.0 Å². The Kier molecular flexibility index (Phi) is 8.51. The van der Waals surface area contributed by atoms with Crippen LogP contribution in [-0.4, -0.2) is 63.4 Å². The van der Waals surface area contributed by atoms with E-state index in [1.165, 1.54) is 12.0 Å². The SMILES string of the molecule is CCN(C)C(=O)Oc1ccc2c(c1)NCC2CCC(=O)OC.CS(=O)(=O)O. The molecule has 2 rings (SSSR count). The molecule has 1 amide bonds.